The van der Waals surface area contributed by atoms with Gasteiger partial charge in [-0.1, -0.05) is 6.07 Å². The molecular formula is C19H23NO6S. The molecule has 2 aromatic rings. The number of carbonyl (C=O) groups is 1. The molecule has 2 rings (SSSR count). The Hall–Kier alpha value is -2.74. The van der Waals surface area contributed by atoms with Crippen LogP contribution in [0.4, 0.5) is 5.69 Å². The normalized spacial score (nSPS) is 11.0. The first-order chi connectivity index (χ1) is 12.7. The van der Waals surface area contributed by atoms with Crippen LogP contribution in [0.15, 0.2) is 41.3 Å². The number of sulfonamides is 1. The number of rotatable bonds is 7. The third kappa shape index (κ3) is 4.51. The van der Waals surface area contributed by atoms with E-state index in [0.29, 0.717) is 11.4 Å². The van der Waals surface area contributed by atoms with E-state index >= 15 is 0 Å². The van der Waals surface area contributed by atoms with Crippen molar-refractivity contribution < 1.29 is 27.4 Å². The monoisotopic (exact) mass is 393 g/mol. The van der Waals surface area contributed by atoms with Crippen molar-refractivity contribution in [2.24, 2.45) is 0 Å². The molecule has 146 valence electrons. The van der Waals surface area contributed by atoms with Crippen LogP contribution in [0, 0.1) is 13.8 Å². The quantitative estimate of drug-likeness (QED) is 0.673. The van der Waals surface area contributed by atoms with Crippen molar-refractivity contribution in [3.63, 3.8) is 0 Å². The van der Waals surface area contributed by atoms with Gasteiger partial charge in [0.2, 0.25) is 0 Å². The largest absolute Gasteiger partial charge is 0.493 e. The van der Waals surface area contributed by atoms with Gasteiger partial charge in [-0.25, -0.2) is 8.42 Å². The molecule has 7 nitrogen and oxygen atoms in total. The molecule has 0 heterocycles. The predicted octanol–water partition coefficient (Wildman–Crippen LogP) is 2.69. The molecule has 27 heavy (non-hydrogen) atoms. The van der Waals surface area contributed by atoms with Gasteiger partial charge in [-0.15, -0.1) is 0 Å². The Morgan fingerprint density at radius 3 is 2.04 bits per heavy atom. The molecule has 0 spiro atoms. The van der Waals surface area contributed by atoms with Gasteiger partial charge in [-0.2, -0.15) is 0 Å². The second kappa shape index (κ2) is 8.30. The zero-order chi connectivity index (χ0) is 20.2. The number of esters is 1. The first kappa shape index (κ1) is 20.6. The lowest BCUT2D eigenvalue weighted by molar-refractivity contribution is -0.138. The molecule has 0 unspecified atom stereocenters. The maximum atomic E-state index is 13.3. The minimum absolute atomic E-state index is 0.0248. The number of ether oxygens (including phenoxy) is 3. The van der Waals surface area contributed by atoms with Crippen LogP contribution in [0.3, 0.4) is 0 Å². The molecule has 0 saturated heterocycles. The van der Waals surface area contributed by atoms with Crippen LogP contribution in [0.25, 0.3) is 0 Å². The van der Waals surface area contributed by atoms with Gasteiger partial charge in [0.05, 0.1) is 31.9 Å². The van der Waals surface area contributed by atoms with Crippen LogP contribution in [0.2, 0.25) is 0 Å². The summed E-state index contributed by atoms with van der Waals surface area (Å²) in [5, 5.41) is 0. The predicted molar refractivity (Wildman–Crippen MR) is 102 cm³/mol. The summed E-state index contributed by atoms with van der Waals surface area (Å²) in [4.78, 5) is 11.9. The molecule has 0 aliphatic rings. The van der Waals surface area contributed by atoms with E-state index in [1.165, 1.54) is 39.5 Å². The van der Waals surface area contributed by atoms with E-state index in [0.717, 1.165) is 15.4 Å². The van der Waals surface area contributed by atoms with Crippen molar-refractivity contribution >= 4 is 21.7 Å². The SMILES string of the molecule is COC(=O)CN(c1cc(C)cc(C)c1)S(=O)(=O)c1ccc(OC)c(OC)c1. The van der Waals surface area contributed by atoms with Gasteiger partial charge in [0.1, 0.15) is 6.54 Å². The number of carbonyl (C=O) groups excluding carboxylic acids is 1. The Labute approximate surface area is 159 Å². The number of anilines is 1. The highest BCUT2D eigenvalue weighted by molar-refractivity contribution is 7.92. The van der Waals surface area contributed by atoms with E-state index in [4.69, 9.17) is 9.47 Å². The van der Waals surface area contributed by atoms with Crippen molar-refractivity contribution in [1.29, 1.82) is 0 Å². The lowest BCUT2D eigenvalue weighted by Gasteiger charge is -2.24. The van der Waals surface area contributed by atoms with E-state index in [1.54, 1.807) is 12.1 Å². The van der Waals surface area contributed by atoms with E-state index in [1.807, 2.05) is 19.9 Å². The summed E-state index contributed by atoms with van der Waals surface area (Å²) in [6, 6.07) is 9.60. The molecule has 8 heteroatoms. The van der Waals surface area contributed by atoms with Crippen LogP contribution in [-0.2, 0) is 19.6 Å². The molecule has 0 aromatic heterocycles. The highest BCUT2D eigenvalue weighted by atomic mass is 32.2. The average Bonchev–Trinajstić information content (AvgIpc) is 2.64. The van der Waals surface area contributed by atoms with Gasteiger partial charge in [-0.05, 0) is 49.2 Å². The molecular weight excluding hydrogens is 370 g/mol. The Kier molecular flexibility index (Phi) is 6.32. The van der Waals surface area contributed by atoms with Crippen molar-refractivity contribution in [3.8, 4) is 11.5 Å². The third-order valence-corrected chi connectivity index (χ3v) is 5.71. The topological polar surface area (TPSA) is 82.1 Å². The summed E-state index contributed by atoms with van der Waals surface area (Å²) in [5.41, 5.74) is 2.14. The fraction of sp³-hybridized carbons (Fsp3) is 0.316. The summed E-state index contributed by atoms with van der Waals surface area (Å²) in [6.45, 7) is 3.27. The minimum atomic E-state index is -4.05. The molecule has 0 aliphatic heterocycles. The van der Waals surface area contributed by atoms with Crippen molar-refractivity contribution in [2.45, 2.75) is 18.7 Å². The van der Waals surface area contributed by atoms with Gasteiger partial charge in [0.25, 0.3) is 10.0 Å². The molecule has 0 N–H and O–H groups in total. The summed E-state index contributed by atoms with van der Waals surface area (Å²) in [6.07, 6.45) is 0. The van der Waals surface area contributed by atoms with Crippen LogP contribution in [0.1, 0.15) is 11.1 Å². The van der Waals surface area contributed by atoms with Gasteiger partial charge in [-0.3, -0.25) is 9.10 Å². The second-order valence-electron chi connectivity index (χ2n) is 5.95. The summed E-state index contributed by atoms with van der Waals surface area (Å²) in [7, 11) is 0.0443. The number of nitrogens with zero attached hydrogens (tertiary/aromatic N) is 1. The lowest BCUT2D eigenvalue weighted by Crippen LogP contribution is -2.36. The number of hydrogen-bond acceptors (Lipinski definition) is 6. The maximum absolute atomic E-state index is 13.3. The van der Waals surface area contributed by atoms with Gasteiger partial charge in [0.15, 0.2) is 11.5 Å². The number of hydrogen-bond donors (Lipinski definition) is 0. The number of methoxy groups -OCH3 is 3. The molecule has 0 radical (unpaired) electrons. The van der Waals surface area contributed by atoms with Crippen molar-refractivity contribution in [3.05, 3.63) is 47.5 Å². The van der Waals surface area contributed by atoms with Crippen LogP contribution in [-0.4, -0.2) is 42.3 Å². The lowest BCUT2D eigenvalue weighted by atomic mass is 10.1. The molecule has 0 bridgehead atoms. The van der Waals surface area contributed by atoms with Crippen LogP contribution >= 0.6 is 0 Å². The first-order valence-electron chi connectivity index (χ1n) is 8.12. The first-order valence-corrected chi connectivity index (χ1v) is 9.56. The zero-order valence-electron chi connectivity index (χ0n) is 16.0. The molecule has 0 amide bonds. The Morgan fingerprint density at radius 2 is 1.52 bits per heavy atom. The number of benzene rings is 2. The van der Waals surface area contributed by atoms with E-state index in [9.17, 15) is 13.2 Å². The molecule has 2 aromatic carbocycles. The Balaban J connectivity index is 2.61. The smallest absolute Gasteiger partial charge is 0.326 e. The summed E-state index contributed by atoms with van der Waals surface area (Å²) >= 11 is 0. The fourth-order valence-corrected chi connectivity index (χ4v) is 4.10. The van der Waals surface area contributed by atoms with Crippen LogP contribution in [0.5, 0.6) is 11.5 Å². The molecule has 0 saturated carbocycles. The van der Waals surface area contributed by atoms with Crippen molar-refractivity contribution in [2.75, 3.05) is 32.2 Å². The fourth-order valence-electron chi connectivity index (χ4n) is 2.70. The standard InChI is InChI=1S/C19H23NO6S/c1-13-8-14(2)10-15(9-13)20(12-19(21)26-5)27(22,23)16-6-7-17(24-3)18(11-16)25-4/h6-11H,12H2,1-5H3. The van der Waals surface area contributed by atoms with Crippen molar-refractivity contribution in [1.82, 2.24) is 0 Å². The van der Waals surface area contributed by atoms with Gasteiger partial charge in [0, 0.05) is 6.07 Å². The van der Waals surface area contributed by atoms with E-state index in [2.05, 4.69) is 4.74 Å². The Morgan fingerprint density at radius 1 is 0.926 bits per heavy atom. The molecule has 0 fully saturated rings. The summed E-state index contributed by atoms with van der Waals surface area (Å²) in [5.74, 6) is 0.0117. The summed E-state index contributed by atoms with van der Waals surface area (Å²) < 4.78 is 42.7. The van der Waals surface area contributed by atoms with Crippen LogP contribution < -0.4 is 13.8 Å². The third-order valence-electron chi connectivity index (χ3n) is 3.94. The highest BCUT2D eigenvalue weighted by Gasteiger charge is 2.29. The van der Waals surface area contributed by atoms with E-state index in [-0.39, 0.29) is 10.6 Å². The average molecular weight is 393 g/mol. The molecule has 0 aliphatic carbocycles. The minimum Gasteiger partial charge on any atom is -0.493 e. The Bertz CT molecular complexity index is 919. The van der Waals surface area contributed by atoms with Gasteiger partial charge >= 0.3 is 5.97 Å². The second-order valence-corrected chi connectivity index (χ2v) is 7.81. The zero-order valence-corrected chi connectivity index (χ0v) is 16.8. The number of aryl methyl sites for hydroxylation is 2. The highest BCUT2D eigenvalue weighted by Crippen LogP contribution is 2.32. The maximum Gasteiger partial charge on any atom is 0.326 e. The van der Waals surface area contributed by atoms with E-state index < -0.39 is 22.5 Å². The van der Waals surface area contributed by atoms with Gasteiger partial charge < -0.3 is 14.2 Å². The molecule has 0 atom stereocenters.